The summed E-state index contributed by atoms with van der Waals surface area (Å²) in [6.07, 6.45) is 4.75. The summed E-state index contributed by atoms with van der Waals surface area (Å²) in [6.45, 7) is 13.6. The molecule has 298 valence electrons. The first-order valence-corrected chi connectivity index (χ1v) is 20.8. The second kappa shape index (κ2) is 13.8. The first kappa shape index (κ1) is 40.2. The zero-order chi connectivity index (χ0) is 39.9. The highest BCUT2D eigenvalue weighted by Crippen LogP contribution is 2.71. The van der Waals surface area contributed by atoms with Crippen molar-refractivity contribution in [3.05, 3.63) is 88.8 Å². The lowest BCUT2D eigenvalue weighted by molar-refractivity contribution is -0.201. The van der Waals surface area contributed by atoms with Gasteiger partial charge in [-0.1, -0.05) is 49.8 Å². The number of rotatable bonds is 9. The number of ketones is 2. The molecule has 7 rings (SSSR count). The third kappa shape index (κ3) is 7.24. The molecule has 9 atom stereocenters. The minimum absolute atomic E-state index is 0.0421. The molecular formula is C43H55FNO9P. The molecule has 3 saturated carbocycles. The number of carbonyl (C=O) groups excluding carboxylic acids is 2. The second-order valence-corrected chi connectivity index (χ2v) is 20.1. The quantitative estimate of drug-likeness (QED) is 0.188. The molecule has 0 aromatic heterocycles. The van der Waals surface area contributed by atoms with Gasteiger partial charge < -0.3 is 20.3 Å². The molecule has 4 aliphatic carbocycles. The number of Topliss-reactive ketones (excluding diaryl/α,β-unsaturated/α-hetero) is 1. The van der Waals surface area contributed by atoms with E-state index < -0.39 is 72.2 Å². The smallest absolute Gasteiger partial charge is 0.399 e. The molecule has 1 saturated heterocycles. The topological polar surface area (TPSA) is 144 Å². The molecule has 1 aliphatic heterocycles. The van der Waals surface area contributed by atoms with Crippen LogP contribution in [-0.4, -0.2) is 52.3 Å². The van der Waals surface area contributed by atoms with Crippen LogP contribution in [0.3, 0.4) is 0 Å². The molecule has 3 N–H and O–H groups in total. The summed E-state index contributed by atoms with van der Waals surface area (Å²) in [4.78, 5) is 27.4. The van der Waals surface area contributed by atoms with Crippen LogP contribution in [0.15, 0.2) is 66.3 Å². The van der Waals surface area contributed by atoms with E-state index >= 15 is 9.18 Å². The number of hydrogen-bond acceptors (Lipinski definition) is 10. The van der Waals surface area contributed by atoms with Gasteiger partial charge in [-0.05, 0) is 127 Å². The average molecular weight is 780 g/mol. The van der Waals surface area contributed by atoms with Crippen LogP contribution in [0.4, 0.5) is 10.1 Å². The minimum Gasteiger partial charge on any atom is -0.399 e. The van der Waals surface area contributed by atoms with Crippen molar-refractivity contribution in [1.82, 2.24) is 0 Å². The van der Waals surface area contributed by atoms with E-state index in [0.717, 1.165) is 16.7 Å². The molecule has 5 aliphatic rings. The van der Waals surface area contributed by atoms with Crippen LogP contribution in [0.2, 0.25) is 0 Å². The number of anilines is 1. The molecule has 0 radical (unpaired) electrons. The Balaban J connectivity index is 1.23. The van der Waals surface area contributed by atoms with Gasteiger partial charge in [0.25, 0.3) is 0 Å². The van der Waals surface area contributed by atoms with Gasteiger partial charge in [0.15, 0.2) is 23.5 Å². The number of carbonyl (C=O) groups is 2. The molecule has 2 aromatic rings. The average Bonchev–Trinajstić information content (AvgIpc) is 3.56. The largest absolute Gasteiger partial charge is 0.476 e. The predicted octanol–water partition coefficient (Wildman–Crippen LogP) is 8.36. The van der Waals surface area contributed by atoms with Crippen molar-refractivity contribution in [1.29, 1.82) is 0 Å². The lowest BCUT2D eigenvalue weighted by Crippen LogP contribution is -2.63. The van der Waals surface area contributed by atoms with Crippen LogP contribution >= 0.6 is 7.82 Å². The van der Waals surface area contributed by atoms with Gasteiger partial charge in [-0.2, -0.15) is 0 Å². The van der Waals surface area contributed by atoms with E-state index in [1.165, 1.54) is 6.07 Å². The lowest BCUT2D eigenvalue weighted by atomic mass is 9.46. The van der Waals surface area contributed by atoms with Crippen LogP contribution in [0.5, 0.6) is 0 Å². The Hall–Kier alpha value is -3.02. The van der Waals surface area contributed by atoms with Crippen LogP contribution in [0, 0.1) is 34.4 Å². The molecule has 0 amide bonds. The minimum atomic E-state index is -4.31. The van der Waals surface area contributed by atoms with Gasteiger partial charge in [0.2, 0.25) is 0 Å². The predicted molar refractivity (Wildman–Crippen MR) is 205 cm³/mol. The first-order chi connectivity index (χ1) is 25.6. The second-order valence-electron chi connectivity index (χ2n) is 18.6. The van der Waals surface area contributed by atoms with Gasteiger partial charge in [-0.15, -0.1) is 0 Å². The maximum Gasteiger partial charge on any atom is 0.476 e. The molecule has 0 spiro atoms. The monoisotopic (exact) mass is 779 g/mol. The van der Waals surface area contributed by atoms with E-state index in [4.69, 9.17) is 28.8 Å². The molecule has 0 bridgehead atoms. The number of fused-ring (bicyclic) bond motifs is 7. The number of phosphoric acid groups is 1. The zero-order valence-electron chi connectivity index (χ0n) is 33.1. The Morgan fingerprint density at radius 1 is 1.04 bits per heavy atom. The summed E-state index contributed by atoms with van der Waals surface area (Å²) >= 11 is 0. The van der Waals surface area contributed by atoms with Gasteiger partial charge >= 0.3 is 7.82 Å². The van der Waals surface area contributed by atoms with Crippen molar-refractivity contribution < 1.29 is 46.7 Å². The van der Waals surface area contributed by atoms with Gasteiger partial charge in [0.05, 0.1) is 23.4 Å². The number of phosphoric ester groups is 1. The van der Waals surface area contributed by atoms with Crippen molar-refractivity contribution in [3.8, 4) is 0 Å². The molecule has 1 heterocycles. The Kier molecular flexibility index (Phi) is 10.1. The Labute approximate surface area is 323 Å². The van der Waals surface area contributed by atoms with Crippen LogP contribution in [0.25, 0.3) is 0 Å². The van der Waals surface area contributed by atoms with Gasteiger partial charge in [-0.3, -0.25) is 23.2 Å². The summed E-state index contributed by atoms with van der Waals surface area (Å²) in [5.41, 5.74) is 4.26. The summed E-state index contributed by atoms with van der Waals surface area (Å²) in [7, 11) is -4.31. The molecule has 0 unspecified atom stereocenters. The van der Waals surface area contributed by atoms with E-state index in [1.807, 2.05) is 31.2 Å². The number of ether oxygens (including phenoxy) is 2. The Bertz CT molecular complexity index is 1950. The van der Waals surface area contributed by atoms with Crippen LogP contribution in [-0.2, 0) is 43.6 Å². The summed E-state index contributed by atoms with van der Waals surface area (Å²) in [5.74, 6) is -1.53. The van der Waals surface area contributed by atoms with Gasteiger partial charge in [0.1, 0.15) is 12.4 Å². The highest BCUT2D eigenvalue weighted by Gasteiger charge is 2.76. The fourth-order valence-corrected chi connectivity index (χ4v) is 12.2. The van der Waals surface area contributed by atoms with Gasteiger partial charge in [0, 0.05) is 28.0 Å². The van der Waals surface area contributed by atoms with E-state index in [2.05, 4.69) is 6.92 Å². The molecule has 12 heteroatoms. The number of aliphatic hydroxyl groups excluding tert-OH is 1. The number of halogens is 1. The Morgan fingerprint density at radius 3 is 2.33 bits per heavy atom. The molecule has 10 nitrogen and oxygen atoms in total. The molecule has 2 aromatic carbocycles. The third-order valence-corrected chi connectivity index (χ3v) is 14.5. The van der Waals surface area contributed by atoms with E-state index in [1.54, 1.807) is 71.9 Å². The van der Waals surface area contributed by atoms with E-state index in [-0.39, 0.29) is 35.5 Å². The lowest BCUT2D eigenvalue weighted by Gasteiger charge is -2.59. The number of nitrogen functional groups attached to an aromatic ring is 1. The Morgan fingerprint density at radius 2 is 1.69 bits per heavy atom. The number of aliphatic hydroxyl groups is 1. The van der Waals surface area contributed by atoms with Crippen LogP contribution < -0.4 is 5.73 Å². The maximum atomic E-state index is 16.1. The summed E-state index contributed by atoms with van der Waals surface area (Å²) < 4.78 is 61.2. The van der Waals surface area contributed by atoms with Crippen molar-refractivity contribution in [3.63, 3.8) is 0 Å². The molecular weight excluding hydrogens is 724 g/mol. The normalized spacial score (nSPS) is 34.4. The van der Waals surface area contributed by atoms with Crippen molar-refractivity contribution in [2.75, 3.05) is 12.3 Å². The van der Waals surface area contributed by atoms with E-state index in [9.17, 15) is 14.5 Å². The van der Waals surface area contributed by atoms with Gasteiger partial charge in [-0.25, -0.2) is 8.96 Å². The SMILES string of the molecule is CC(C)(C)OP(=O)(OCC(=O)[C@@]12O[C@H](c3ccc(Cc4ccc(N)cc4)cc3F)O[C@@H]1C[C@H]1[C@@H]3CCC4=CC(=O)C=C[C@]4(C)[C@H]3[C@@H](O)C[C@@]12C)OC(C)(C)C. The van der Waals surface area contributed by atoms with E-state index in [0.29, 0.717) is 31.4 Å². The molecule has 55 heavy (non-hydrogen) atoms. The van der Waals surface area contributed by atoms with Crippen LogP contribution in [0.1, 0.15) is 104 Å². The summed E-state index contributed by atoms with van der Waals surface area (Å²) in [6, 6.07) is 12.3. The maximum absolute atomic E-state index is 16.1. The fraction of sp³-hybridized carbons (Fsp3) is 0.581. The number of hydrogen-bond donors (Lipinski definition) is 2. The standard InChI is InChI=1S/C43H55FNO9P/c1-39(2,3)53-55(49,54-40(4,5)6)50-24-35(48)43-36(51-38(52-43)31-15-11-26(20-33(31)44)19-25-9-13-28(45)14-10-25)22-32-30-16-12-27-21-29(46)17-18-41(27,7)37(30)34(47)23-42(32,43)8/h9-11,13-15,17-18,20-21,30,32,34,36-38,47H,12,16,19,22-24,45H2,1-8H3/t30-,32-,34-,36+,37+,38+,41-,42-,43+/m0/s1. The highest BCUT2D eigenvalue weighted by molar-refractivity contribution is 7.48. The third-order valence-electron chi connectivity index (χ3n) is 12.5. The fourth-order valence-electron chi connectivity index (χ4n) is 10.4. The highest BCUT2D eigenvalue weighted by atomic mass is 31.2. The number of benzene rings is 2. The van der Waals surface area contributed by atoms with Crippen molar-refractivity contribution >= 4 is 25.1 Å². The summed E-state index contributed by atoms with van der Waals surface area (Å²) in [5, 5.41) is 12.2. The van der Waals surface area contributed by atoms with Crippen molar-refractivity contribution in [2.45, 2.75) is 123 Å². The first-order valence-electron chi connectivity index (χ1n) is 19.3. The zero-order valence-corrected chi connectivity index (χ0v) is 34.0. The molecule has 4 fully saturated rings. The number of nitrogens with two attached hydrogens (primary N) is 1. The number of allylic oxidation sites excluding steroid dienone is 4. The van der Waals surface area contributed by atoms with Crippen molar-refractivity contribution in [2.24, 2.45) is 28.6 Å².